The van der Waals surface area contributed by atoms with Crippen LogP contribution in [0, 0.1) is 0 Å². The second kappa shape index (κ2) is 5.69. The summed E-state index contributed by atoms with van der Waals surface area (Å²) in [6, 6.07) is 5.38. The summed E-state index contributed by atoms with van der Waals surface area (Å²) in [4.78, 5) is 13.1. The third kappa shape index (κ3) is 2.51. The summed E-state index contributed by atoms with van der Waals surface area (Å²) < 4.78 is 5.48. The van der Waals surface area contributed by atoms with Crippen molar-refractivity contribution in [2.24, 2.45) is 0 Å². The van der Waals surface area contributed by atoms with Crippen molar-refractivity contribution in [2.45, 2.75) is 19.1 Å². The van der Waals surface area contributed by atoms with Crippen LogP contribution >= 0.6 is 11.6 Å². The van der Waals surface area contributed by atoms with E-state index in [1.165, 1.54) is 0 Å². The summed E-state index contributed by atoms with van der Waals surface area (Å²) >= 11 is 6.19. The van der Waals surface area contributed by atoms with Crippen molar-refractivity contribution in [1.29, 1.82) is 0 Å². The summed E-state index contributed by atoms with van der Waals surface area (Å²) in [6.45, 7) is 3.01. The van der Waals surface area contributed by atoms with E-state index in [4.69, 9.17) is 16.3 Å². The maximum Gasteiger partial charge on any atom is 0.152 e. The lowest BCUT2D eigenvalue weighted by Crippen LogP contribution is -2.50. The molecule has 0 spiro atoms. The number of morpholine rings is 1. The van der Waals surface area contributed by atoms with Crippen LogP contribution < -0.4 is 4.90 Å². The molecule has 0 bridgehead atoms. The number of rotatable bonds is 3. The van der Waals surface area contributed by atoms with Gasteiger partial charge in [0.2, 0.25) is 0 Å². The van der Waals surface area contributed by atoms with Gasteiger partial charge in [-0.05, 0) is 19.1 Å². The first-order valence-electron chi connectivity index (χ1n) is 5.90. The number of aldehydes is 1. The Balaban J connectivity index is 2.37. The van der Waals surface area contributed by atoms with Crippen LogP contribution in [0.2, 0.25) is 5.02 Å². The number of aliphatic hydroxyl groups excluding tert-OH is 1. The molecule has 1 fully saturated rings. The average molecular weight is 270 g/mol. The Labute approximate surface area is 111 Å². The first kappa shape index (κ1) is 13.3. The molecule has 0 radical (unpaired) electrons. The molecule has 0 aromatic heterocycles. The zero-order valence-electron chi connectivity index (χ0n) is 10.2. The molecule has 1 aromatic carbocycles. The number of para-hydroxylation sites is 1. The largest absolute Gasteiger partial charge is 0.394 e. The van der Waals surface area contributed by atoms with Gasteiger partial charge in [0.1, 0.15) is 0 Å². The van der Waals surface area contributed by atoms with Gasteiger partial charge in [0.25, 0.3) is 0 Å². The van der Waals surface area contributed by atoms with E-state index in [-0.39, 0.29) is 18.8 Å². The van der Waals surface area contributed by atoms with E-state index in [1.54, 1.807) is 18.2 Å². The lowest BCUT2D eigenvalue weighted by molar-refractivity contribution is -0.0103. The number of carbonyl (C=O) groups is 1. The van der Waals surface area contributed by atoms with Gasteiger partial charge in [-0.3, -0.25) is 4.79 Å². The molecule has 1 N–H and O–H groups in total. The second-order valence-electron chi connectivity index (χ2n) is 4.43. The van der Waals surface area contributed by atoms with Crippen molar-refractivity contribution in [3.63, 3.8) is 0 Å². The molecule has 2 rings (SSSR count). The number of benzene rings is 1. The van der Waals surface area contributed by atoms with Crippen LogP contribution in [-0.2, 0) is 4.74 Å². The molecule has 4 nitrogen and oxygen atoms in total. The van der Waals surface area contributed by atoms with Crippen LogP contribution in [0.4, 0.5) is 5.69 Å². The van der Waals surface area contributed by atoms with Crippen LogP contribution in [0.5, 0.6) is 0 Å². The van der Waals surface area contributed by atoms with Crippen LogP contribution in [0.15, 0.2) is 18.2 Å². The maximum absolute atomic E-state index is 11.1. The molecule has 1 aliphatic heterocycles. The summed E-state index contributed by atoms with van der Waals surface area (Å²) in [5.74, 6) is 0. The van der Waals surface area contributed by atoms with Crippen molar-refractivity contribution < 1.29 is 14.6 Å². The van der Waals surface area contributed by atoms with E-state index < -0.39 is 0 Å². The lowest BCUT2D eigenvalue weighted by Gasteiger charge is -2.40. The Bertz CT molecular complexity index is 438. The SMILES string of the molecule is CC1COC(CO)CN1c1c(Cl)cccc1C=O. The summed E-state index contributed by atoms with van der Waals surface area (Å²) in [5, 5.41) is 9.73. The highest BCUT2D eigenvalue weighted by molar-refractivity contribution is 6.34. The fourth-order valence-corrected chi connectivity index (χ4v) is 2.46. The van der Waals surface area contributed by atoms with E-state index in [0.717, 1.165) is 12.0 Å². The number of ether oxygens (including phenoxy) is 1. The predicted molar refractivity (Wildman–Crippen MR) is 70.5 cm³/mol. The smallest absolute Gasteiger partial charge is 0.152 e. The van der Waals surface area contributed by atoms with Crippen LogP contribution in [0.3, 0.4) is 0 Å². The summed E-state index contributed by atoms with van der Waals surface area (Å²) in [5.41, 5.74) is 1.29. The number of halogens is 1. The minimum Gasteiger partial charge on any atom is -0.394 e. The normalized spacial score (nSPS) is 24.1. The molecule has 5 heteroatoms. The van der Waals surface area contributed by atoms with Gasteiger partial charge < -0.3 is 14.7 Å². The quantitative estimate of drug-likeness (QED) is 0.850. The lowest BCUT2D eigenvalue weighted by atomic mass is 10.1. The van der Waals surface area contributed by atoms with E-state index in [9.17, 15) is 9.90 Å². The molecule has 0 saturated carbocycles. The zero-order valence-corrected chi connectivity index (χ0v) is 10.9. The molecule has 1 saturated heterocycles. The Morgan fingerprint density at radius 1 is 1.61 bits per heavy atom. The van der Waals surface area contributed by atoms with Gasteiger partial charge in [0.05, 0.1) is 30.0 Å². The Morgan fingerprint density at radius 3 is 3.06 bits per heavy atom. The minimum absolute atomic E-state index is 0.0376. The van der Waals surface area contributed by atoms with Gasteiger partial charge in [0, 0.05) is 18.2 Å². The molecular formula is C13H16ClNO3. The van der Waals surface area contributed by atoms with Gasteiger partial charge in [0.15, 0.2) is 6.29 Å². The van der Waals surface area contributed by atoms with Gasteiger partial charge in [-0.2, -0.15) is 0 Å². The number of hydrogen-bond donors (Lipinski definition) is 1. The zero-order chi connectivity index (χ0) is 13.1. The Hall–Kier alpha value is -1.10. The number of carbonyl (C=O) groups excluding carboxylic acids is 1. The number of anilines is 1. The molecule has 2 atom stereocenters. The summed E-state index contributed by atoms with van der Waals surface area (Å²) in [7, 11) is 0. The minimum atomic E-state index is -0.239. The molecule has 1 aliphatic rings. The van der Waals surface area contributed by atoms with Gasteiger partial charge in [-0.15, -0.1) is 0 Å². The van der Waals surface area contributed by atoms with E-state index in [0.29, 0.717) is 23.7 Å². The topological polar surface area (TPSA) is 49.8 Å². The third-order valence-corrected chi connectivity index (χ3v) is 3.45. The average Bonchev–Trinajstić information content (AvgIpc) is 2.39. The first-order valence-corrected chi connectivity index (χ1v) is 6.28. The highest BCUT2D eigenvalue weighted by Gasteiger charge is 2.28. The summed E-state index contributed by atoms with van der Waals surface area (Å²) in [6.07, 6.45) is 0.564. The van der Waals surface area contributed by atoms with Gasteiger partial charge >= 0.3 is 0 Å². The molecular weight excluding hydrogens is 254 g/mol. The van der Waals surface area contributed by atoms with E-state index in [1.807, 2.05) is 11.8 Å². The van der Waals surface area contributed by atoms with Gasteiger partial charge in [-0.1, -0.05) is 17.7 Å². The number of nitrogens with zero attached hydrogens (tertiary/aromatic N) is 1. The van der Waals surface area contributed by atoms with Crippen molar-refractivity contribution in [2.75, 3.05) is 24.7 Å². The van der Waals surface area contributed by atoms with Crippen LogP contribution in [0.1, 0.15) is 17.3 Å². The monoisotopic (exact) mass is 269 g/mol. The van der Waals surface area contributed by atoms with Crippen molar-refractivity contribution in [1.82, 2.24) is 0 Å². The highest BCUT2D eigenvalue weighted by Crippen LogP contribution is 2.32. The standard InChI is InChI=1S/C13H16ClNO3/c1-9-8-18-11(7-17)5-15(9)13-10(6-16)3-2-4-12(13)14/h2-4,6,9,11,17H,5,7-8H2,1H3. The molecule has 18 heavy (non-hydrogen) atoms. The molecule has 98 valence electrons. The highest BCUT2D eigenvalue weighted by atomic mass is 35.5. The van der Waals surface area contributed by atoms with E-state index in [2.05, 4.69) is 0 Å². The van der Waals surface area contributed by atoms with Crippen molar-refractivity contribution in [3.8, 4) is 0 Å². The fourth-order valence-electron chi connectivity index (χ4n) is 2.17. The number of aliphatic hydroxyl groups is 1. The molecule has 1 heterocycles. The third-order valence-electron chi connectivity index (χ3n) is 3.14. The first-order chi connectivity index (χ1) is 8.67. The predicted octanol–water partition coefficient (Wildman–Crippen LogP) is 1.74. The molecule has 2 unspecified atom stereocenters. The number of hydrogen-bond acceptors (Lipinski definition) is 4. The van der Waals surface area contributed by atoms with E-state index >= 15 is 0 Å². The van der Waals surface area contributed by atoms with Crippen LogP contribution in [0.25, 0.3) is 0 Å². The molecule has 0 aliphatic carbocycles. The maximum atomic E-state index is 11.1. The second-order valence-corrected chi connectivity index (χ2v) is 4.84. The van der Waals surface area contributed by atoms with Crippen molar-refractivity contribution in [3.05, 3.63) is 28.8 Å². The van der Waals surface area contributed by atoms with Crippen molar-refractivity contribution >= 4 is 23.6 Å². The van der Waals surface area contributed by atoms with Crippen LogP contribution in [-0.4, -0.2) is 43.3 Å². The Kier molecular flexibility index (Phi) is 4.22. The molecule has 1 aromatic rings. The van der Waals surface area contributed by atoms with Gasteiger partial charge in [-0.25, -0.2) is 0 Å². The molecule has 0 amide bonds. The Morgan fingerprint density at radius 2 is 2.39 bits per heavy atom. The fraction of sp³-hybridized carbons (Fsp3) is 0.462.